The fraction of sp³-hybridized carbons (Fsp3) is 0.476. The van der Waals surface area contributed by atoms with E-state index in [1.165, 1.54) is 11.7 Å². The summed E-state index contributed by atoms with van der Waals surface area (Å²) in [5.74, 6) is 1.20. The Morgan fingerprint density at radius 2 is 2.00 bits per heavy atom. The van der Waals surface area contributed by atoms with Crippen molar-refractivity contribution in [3.63, 3.8) is 0 Å². The van der Waals surface area contributed by atoms with Gasteiger partial charge in [0, 0.05) is 51.3 Å². The third kappa shape index (κ3) is 3.60. The highest BCUT2D eigenvalue weighted by Gasteiger charge is 2.28. The minimum Gasteiger partial charge on any atom is -0.488 e. The van der Waals surface area contributed by atoms with E-state index < -0.39 is 6.10 Å². The van der Waals surface area contributed by atoms with E-state index in [0.29, 0.717) is 30.1 Å². The molecule has 30 heavy (non-hydrogen) atoms. The van der Waals surface area contributed by atoms with E-state index >= 15 is 0 Å². The number of aromatic amines is 1. The van der Waals surface area contributed by atoms with Gasteiger partial charge >= 0.3 is 0 Å². The van der Waals surface area contributed by atoms with Gasteiger partial charge in [-0.05, 0) is 25.8 Å². The number of rotatable bonds is 4. The summed E-state index contributed by atoms with van der Waals surface area (Å²) in [5.41, 5.74) is 1.91. The summed E-state index contributed by atoms with van der Waals surface area (Å²) in [5, 5.41) is 0. The number of carbonyl (C=O) groups excluding carboxylic acids is 2. The molecule has 160 valence electrons. The van der Waals surface area contributed by atoms with Crippen LogP contribution in [0.25, 0.3) is 0 Å². The fourth-order valence-electron chi connectivity index (χ4n) is 3.86. The average Bonchev–Trinajstić information content (AvgIpc) is 3.47. The summed E-state index contributed by atoms with van der Waals surface area (Å²) < 4.78 is 12.4. The highest BCUT2D eigenvalue weighted by Crippen LogP contribution is 2.36. The summed E-state index contributed by atoms with van der Waals surface area (Å²) in [6.45, 7) is 4.40. The molecule has 1 fully saturated rings. The van der Waals surface area contributed by atoms with Crippen molar-refractivity contribution in [3.05, 3.63) is 35.6 Å². The number of H-pyrrole nitrogens is 1. The number of fused-ring (bicyclic) bond motifs is 1. The van der Waals surface area contributed by atoms with Crippen LogP contribution < -0.4 is 15.1 Å². The van der Waals surface area contributed by atoms with Gasteiger partial charge in [0.1, 0.15) is 23.9 Å². The third-order valence-electron chi connectivity index (χ3n) is 5.63. The lowest BCUT2D eigenvalue weighted by atomic mass is 10.3. The molecule has 1 saturated heterocycles. The number of nitrogens with one attached hydrogen (secondary N) is 1. The number of carbonyl (C=O) groups is 2. The summed E-state index contributed by atoms with van der Waals surface area (Å²) >= 11 is 0. The number of ether oxygens (including phenoxy) is 2. The maximum absolute atomic E-state index is 12.8. The first-order valence-electron chi connectivity index (χ1n) is 10.2. The summed E-state index contributed by atoms with van der Waals surface area (Å²) in [6.07, 6.45) is 3.22. The van der Waals surface area contributed by atoms with E-state index in [1.54, 1.807) is 26.2 Å². The number of nitrogens with zero attached hydrogens (tertiary/aromatic N) is 4. The second-order valence-corrected chi connectivity index (χ2v) is 7.45. The minimum atomic E-state index is -0.570. The van der Waals surface area contributed by atoms with Crippen LogP contribution in [0.15, 0.2) is 29.4 Å². The second-order valence-electron chi connectivity index (χ2n) is 7.45. The van der Waals surface area contributed by atoms with Crippen LogP contribution >= 0.6 is 0 Å². The molecule has 2 aromatic rings. The van der Waals surface area contributed by atoms with Gasteiger partial charge in [-0.2, -0.15) is 0 Å². The smallest absolute Gasteiger partial charge is 0.270 e. The van der Waals surface area contributed by atoms with Crippen molar-refractivity contribution in [3.8, 4) is 5.75 Å². The van der Waals surface area contributed by atoms with Gasteiger partial charge in [-0.3, -0.25) is 19.1 Å². The van der Waals surface area contributed by atoms with Crippen LogP contribution in [0.2, 0.25) is 0 Å². The molecule has 0 aromatic carbocycles. The van der Waals surface area contributed by atoms with Gasteiger partial charge in [-0.25, -0.2) is 0 Å². The molecule has 1 amide bonds. The largest absolute Gasteiger partial charge is 0.488 e. The third-order valence-corrected chi connectivity index (χ3v) is 5.63. The van der Waals surface area contributed by atoms with Gasteiger partial charge in [0.15, 0.2) is 11.6 Å². The van der Waals surface area contributed by atoms with Crippen molar-refractivity contribution in [2.45, 2.75) is 25.9 Å². The van der Waals surface area contributed by atoms with Gasteiger partial charge in [-0.15, -0.1) is 0 Å². The molecule has 4 heterocycles. The quantitative estimate of drug-likeness (QED) is 0.825. The molecule has 0 aliphatic carbocycles. The summed E-state index contributed by atoms with van der Waals surface area (Å²) in [6, 6.07) is 5.48. The van der Waals surface area contributed by atoms with E-state index in [2.05, 4.69) is 9.98 Å². The zero-order valence-electron chi connectivity index (χ0n) is 17.6. The Balaban J connectivity index is 1.66. The molecule has 2 aromatic heterocycles. The number of aromatic nitrogens is 2. The lowest BCUT2D eigenvalue weighted by molar-refractivity contribution is 0.0560. The molecule has 1 unspecified atom stereocenters. The molecule has 9 nitrogen and oxygen atoms in total. The van der Waals surface area contributed by atoms with E-state index in [0.717, 1.165) is 37.4 Å². The van der Waals surface area contributed by atoms with Gasteiger partial charge < -0.3 is 24.3 Å². The Bertz CT molecular complexity index is 1020. The standard InChI is InChI=1S/C21H27N5O4/c1-14(29-3)20(27)26-9-6-15(12-18(26)22-2)25-10-11-30-17-13-16(23-19(17)25)21(28)24-7-4-5-8-24/h6,9,12-14,23H,4-5,7-8,10-11H2,1-3H3. The van der Waals surface area contributed by atoms with Gasteiger partial charge in [-0.1, -0.05) is 0 Å². The Hall–Kier alpha value is -3.07. The van der Waals surface area contributed by atoms with Crippen molar-refractivity contribution in [1.82, 2.24) is 14.5 Å². The first kappa shape index (κ1) is 20.2. The molecule has 0 bridgehead atoms. The molecule has 4 rings (SSSR count). The second kappa shape index (κ2) is 8.35. The lowest BCUT2D eigenvalue weighted by Gasteiger charge is -2.29. The van der Waals surface area contributed by atoms with Crippen LogP contribution in [0.5, 0.6) is 5.75 Å². The molecule has 9 heteroatoms. The predicted molar refractivity (Wildman–Crippen MR) is 111 cm³/mol. The van der Waals surface area contributed by atoms with Crippen molar-refractivity contribution in [1.29, 1.82) is 0 Å². The zero-order valence-corrected chi connectivity index (χ0v) is 17.6. The van der Waals surface area contributed by atoms with Crippen molar-refractivity contribution in [2.24, 2.45) is 4.99 Å². The SMILES string of the molecule is CN=c1cc(N2CCOc3cc(C(=O)N4CCCC4)[nH]c32)ccn1C(=O)C(C)OC. The highest BCUT2D eigenvalue weighted by molar-refractivity contribution is 5.94. The number of methoxy groups -OCH3 is 1. The minimum absolute atomic E-state index is 0.000231. The maximum Gasteiger partial charge on any atom is 0.270 e. The van der Waals surface area contributed by atoms with Crippen LogP contribution in [0.3, 0.4) is 0 Å². The van der Waals surface area contributed by atoms with Gasteiger partial charge in [0.25, 0.3) is 11.8 Å². The molecule has 1 N–H and O–H groups in total. The first-order chi connectivity index (χ1) is 14.5. The predicted octanol–water partition coefficient (Wildman–Crippen LogP) is 1.79. The van der Waals surface area contributed by atoms with E-state index in [1.807, 2.05) is 21.9 Å². The molecule has 0 spiro atoms. The number of likely N-dealkylation sites (tertiary alicyclic amines) is 1. The lowest BCUT2D eigenvalue weighted by Crippen LogP contribution is -2.36. The number of pyridine rings is 1. The molecular weight excluding hydrogens is 386 g/mol. The molecule has 2 aliphatic heterocycles. The van der Waals surface area contributed by atoms with Crippen LogP contribution in [-0.2, 0) is 4.74 Å². The Morgan fingerprint density at radius 1 is 1.23 bits per heavy atom. The Morgan fingerprint density at radius 3 is 2.70 bits per heavy atom. The van der Waals surface area contributed by atoms with Crippen molar-refractivity contribution < 1.29 is 19.1 Å². The summed E-state index contributed by atoms with van der Waals surface area (Å²) in [7, 11) is 3.15. The van der Waals surface area contributed by atoms with Crippen LogP contribution in [0, 0.1) is 0 Å². The number of hydrogen-bond donors (Lipinski definition) is 1. The fourth-order valence-corrected chi connectivity index (χ4v) is 3.86. The van der Waals surface area contributed by atoms with E-state index in [9.17, 15) is 9.59 Å². The summed E-state index contributed by atoms with van der Waals surface area (Å²) in [4.78, 5) is 36.7. The monoisotopic (exact) mass is 413 g/mol. The number of amides is 1. The van der Waals surface area contributed by atoms with Crippen LogP contribution in [0.1, 0.15) is 35.0 Å². The Labute approximate surface area is 174 Å². The molecule has 2 aliphatic rings. The zero-order chi connectivity index (χ0) is 21.3. The number of anilines is 2. The highest BCUT2D eigenvalue weighted by atomic mass is 16.5. The van der Waals surface area contributed by atoms with Crippen molar-refractivity contribution in [2.75, 3.05) is 45.3 Å². The van der Waals surface area contributed by atoms with Gasteiger partial charge in [0.05, 0.1) is 6.54 Å². The number of hydrogen-bond acceptors (Lipinski definition) is 6. The van der Waals surface area contributed by atoms with Crippen LogP contribution in [0.4, 0.5) is 11.5 Å². The molecule has 0 saturated carbocycles. The average molecular weight is 413 g/mol. The van der Waals surface area contributed by atoms with Crippen molar-refractivity contribution >= 4 is 23.3 Å². The first-order valence-corrected chi connectivity index (χ1v) is 10.2. The molecule has 1 atom stereocenters. The normalized spacial score (nSPS) is 17.6. The van der Waals surface area contributed by atoms with Gasteiger partial charge in [0.2, 0.25) is 0 Å². The molecule has 0 radical (unpaired) electrons. The van der Waals surface area contributed by atoms with E-state index in [-0.39, 0.29) is 11.8 Å². The molecular formula is C21H27N5O4. The maximum atomic E-state index is 12.8. The Kier molecular flexibility index (Phi) is 5.63. The van der Waals surface area contributed by atoms with Crippen LogP contribution in [-0.4, -0.2) is 72.8 Å². The van der Waals surface area contributed by atoms with E-state index in [4.69, 9.17) is 9.47 Å². The topological polar surface area (TPSA) is 92.2 Å².